The smallest absolute Gasteiger partial charge is 0.397 e. The Morgan fingerprint density at radius 2 is 1.43 bits per heavy atom. The van der Waals surface area contributed by atoms with Crippen molar-refractivity contribution < 1.29 is 36.8 Å². The van der Waals surface area contributed by atoms with Crippen LogP contribution in [0.2, 0.25) is 0 Å². The first-order valence-corrected chi connectivity index (χ1v) is 10.5. The zero-order chi connectivity index (χ0) is 21.2. The van der Waals surface area contributed by atoms with Crippen LogP contribution in [0.25, 0.3) is 6.08 Å². The van der Waals surface area contributed by atoms with Gasteiger partial charge < -0.3 is 19.7 Å². The van der Waals surface area contributed by atoms with Crippen LogP contribution in [0, 0.1) is 6.92 Å². The molecule has 9 heteroatoms. The highest BCUT2D eigenvalue weighted by molar-refractivity contribution is 7.80. The highest BCUT2D eigenvalue weighted by Crippen LogP contribution is 2.48. The summed E-state index contributed by atoms with van der Waals surface area (Å²) in [5.74, 6) is 0.0765. The maximum Gasteiger partial charge on any atom is 0.397 e. The van der Waals surface area contributed by atoms with Gasteiger partial charge in [-0.25, -0.2) is 4.18 Å². The van der Waals surface area contributed by atoms with E-state index in [0.29, 0.717) is 17.5 Å². The van der Waals surface area contributed by atoms with Gasteiger partial charge in [0.25, 0.3) is 0 Å². The van der Waals surface area contributed by atoms with Crippen molar-refractivity contribution in [1.82, 2.24) is 0 Å². The zero-order valence-corrected chi connectivity index (χ0v) is 17.4. The number of allylic oxidation sites excluding steroid dienone is 1. The fourth-order valence-electron chi connectivity index (χ4n) is 2.83. The molecule has 28 heavy (non-hydrogen) atoms. The van der Waals surface area contributed by atoms with Crippen LogP contribution in [0.5, 0.6) is 23.0 Å². The number of hydrogen-bond acceptors (Lipinski definition) is 7. The second-order valence-electron chi connectivity index (χ2n) is 6.36. The van der Waals surface area contributed by atoms with E-state index in [0.717, 1.165) is 38.5 Å². The molecule has 0 heterocycles. The third-order valence-electron chi connectivity index (χ3n) is 4.34. The normalized spacial score (nSPS) is 11.9. The van der Waals surface area contributed by atoms with Crippen LogP contribution in [0.15, 0.2) is 6.08 Å². The third-order valence-corrected chi connectivity index (χ3v) is 4.81. The Bertz CT molecular complexity index is 756. The van der Waals surface area contributed by atoms with E-state index < -0.39 is 10.4 Å². The highest BCUT2D eigenvalue weighted by Gasteiger charge is 2.21. The molecule has 3 N–H and O–H groups in total. The molecule has 0 aliphatic rings. The highest BCUT2D eigenvalue weighted by atomic mass is 32.3. The Morgan fingerprint density at radius 3 is 2.00 bits per heavy atom. The SMILES string of the molecule is COc1c(O)c(C)c(C=CCCCCCCCCOS(=O)(=O)O)c(O)c1OC. The second-order valence-corrected chi connectivity index (χ2v) is 7.46. The van der Waals surface area contributed by atoms with Crippen molar-refractivity contribution in [1.29, 1.82) is 0 Å². The molecule has 0 saturated heterocycles. The van der Waals surface area contributed by atoms with E-state index >= 15 is 0 Å². The van der Waals surface area contributed by atoms with Gasteiger partial charge >= 0.3 is 10.4 Å². The van der Waals surface area contributed by atoms with Crippen molar-refractivity contribution in [2.75, 3.05) is 20.8 Å². The van der Waals surface area contributed by atoms with Gasteiger partial charge in [-0.1, -0.05) is 37.8 Å². The van der Waals surface area contributed by atoms with Crippen LogP contribution in [0.3, 0.4) is 0 Å². The summed E-state index contributed by atoms with van der Waals surface area (Å²) in [6.07, 6.45) is 9.91. The molecule has 160 valence electrons. The van der Waals surface area contributed by atoms with Crippen molar-refractivity contribution in [3.63, 3.8) is 0 Å². The third kappa shape index (κ3) is 7.57. The summed E-state index contributed by atoms with van der Waals surface area (Å²) in [6.45, 7) is 1.70. The van der Waals surface area contributed by atoms with Gasteiger partial charge in [0.05, 0.1) is 20.8 Å². The minimum absolute atomic E-state index is 0.00256. The first kappa shape index (κ1) is 24.1. The summed E-state index contributed by atoms with van der Waals surface area (Å²) < 4.78 is 43.7. The molecule has 1 rings (SSSR count). The standard InChI is InChI=1S/C19H30O8S/c1-14-15(17(21)19(26-3)18(25-2)16(14)20)12-10-8-6-4-5-7-9-11-13-27-28(22,23)24/h10,12,20-21H,4-9,11,13H2,1-3H3,(H,22,23,24). The van der Waals surface area contributed by atoms with E-state index in [1.165, 1.54) is 14.2 Å². The Balaban J connectivity index is 2.39. The van der Waals surface area contributed by atoms with Crippen molar-refractivity contribution in [2.24, 2.45) is 0 Å². The van der Waals surface area contributed by atoms with E-state index in [9.17, 15) is 18.6 Å². The van der Waals surface area contributed by atoms with Crippen LogP contribution >= 0.6 is 0 Å². The Morgan fingerprint density at radius 1 is 0.893 bits per heavy atom. The summed E-state index contributed by atoms with van der Waals surface area (Å²) >= 11 is 0. The molecule has 1 aromatic carbocycles. The molecule has 0 atom stereocenters. The topological polar surface area (TPSA) is 123 Å². The molecule has 1 aromatic rings. The van der Waals surface area contributed by atoms with Gasteiger partial charge in [-0.15, -0.1) is 0 Å². The number of hydrogen-bond donors (Lipinski definition) is 3. The summed E-state index contributed by atoms with van der Waals surface area (Å²) in [5, 5.41) is 20.6. The van der Waals surface area contributed by atoms with Gasteiger partial charge in [0.15, 0.2) is 11.5 Å². The Labute approximate surface area is 166 Å². The summed E-state index contributed by atoms with van der Waals surface area (Å²) in [6, 6.07) is 0. The Kier molecular flexibility index (Phi) is 10.1. The molecule has 0 aliphatic carbocycles. The van der Waals surface area contributed by atoms with Crippen LogP contribution in [0.1, 0.15) is 56.1 Å². The quantitative estimate of drug-likeness (QED) is 0.250. The molecule has 0 unspecified atom stereocenters. The number of phenols is 2. The fraction of sp³-hybridized carbons (Fsp3) is 0.579. The first-order chi connectivity index (χ1) is 13.2. The van der Waals surface area contributed by atoms with E-state index in [1.54, 1.807) is 13.0 Å². The van der Waals surface area contributed by atoms with Crippen molar-refractivity contribution in [3.8, 4) is 23.0 Å². The van der Waals surface area contributed by atoms with E-state index in [4.69, 9.17) is 14.0 Å². The lowest BCUT2D eigenvalue weighted by molar-refractivity contribution is 0.261. The average molecular weight is 419 g/mol. The largest absolute Gasteiger partial charge is 0.504 e. The molecule has 0 aliphatic heterocycles. The summed E-state index contributed by atoms with van der Waals surface area (Å²) in [5.41, 5.74) is 1.01. The molecule has 0 spiro atoms. The van der Waals surface area contributed by atoms with Gasteiger partial charge in [-0.2, -0.15) is 8.42 Å². The number of aromatic hydroxyl groups is 2. The van der Waals surface area contributed by atoms with Gasteiger partial charge in [0.1, 0.15) is 0 Å². The molecule has 0 aromatic heterocycles. The fourth-order valence-corrected chi connectivity index (χ4v) is 3.16. The van der Waals surface area contributed by atoms with Crippen molar-refractivity contribution >= 4 is 16.5 Å². The van der Waals surface area contributed by atoms with E-state index in [1.807, 2.05) is 6.08 Å². The van der Waals surface area contributed by atoms with Gasteiger partial charge in [0, 0.05) is 11.1 Å². The molecule has 8 nitrogen and oxygen atoms in total. The molecule has 0 fully saturated rings. The predicted molar refractivity (Wildman–Crippen MR) is 106 cm³/mol. The zero-order valence-electron chi connectivity index (χ0n) is 16.6. The van der Waals surface area contributed by atoms with Crippen LogP contribution in [-0.2, 0) is 14.6 Å². The van der Waals surface area contributed by atoms with E-state index in [2.05, 4.69) is 4.18 Å². The molecule has 0 bridgehead atoms. The minimum atomic E-state index is -4.33. The number of rotatable bonds is 13. The summed E-state index contributed by atoms with van der Waals surface area (Å²) in [4.78, 5) is 0. The second kappa shape index (κ2) is 11.8. The maximum absolute atomic E-state index is 10.4. The lowest BCUT2D eigenvalue weighted by Crippen LogP contribution is -2.04. The van der Waals surface area contributed by atoms with Crippen LogP contribution in [-0.4, -0.2) is 44.0 Å². The number of methoxy groups -OCH3 is 2. The molecule has 0 amide bonds. The maximum atomic E-state index is 10.4. The summed E-state index contributed by atoms with van der Waals surface area (Å²) in [7, 11) is -1.53. The molecular formula is C19H30O8S. The van der Waals surface area contributed by atoms with Gasteiger partial charge in [-0.3, -0.25) is 4.55 Å². The minimum Gasteiger partial charge on any atom is -0.504 e. The van der Waals surface area contributed by atoms with E-state index in [-0.39, 0.29) is 29.6 Å². The lowest BCUT2D eigenvalue weighted by Gasteiger charge is -2.16. The monoisotopic (exact) mass is 418 g/mol. The van der Waals surface area contributed by atoms with Gasteiger partial charge in [0.2, 0.25) is 11.5 Å². The van der Waals surface area contributed by atoms with Gasteiger partial charge in [-0.05, 0) is 26.2 Å². The molecule has 0 saturated carbocycles. The number of benzene rings is 1. The number of ether oxygens (including phenoxy) is 2. The van der Waals surface area contributed by atoms with Crippen molar-refractivity contribution in [3.05, 3.63) is 17.2 Å². The average Bonchev–Trinajstić information content (AvgIpc) is 2.63. The first-order valence-electron chi connectivity index (χ1n) is 9.17. The van der Waals surface area contributed by atoms with Crippen molar-refractivity contribution in [2.45, 2.75) is 51.9 Å². The molecular weight excluding hydrogens is 388 g/mol. The number of phenolic OH excluding ortho intramolecular Hbond substituents is 2. The molecule has 0 radical (unpaired) electrons. The van der Waals surface area contributed by atoms with Crippen LogP contribution < -0.4 is 9.47 Å². The predicted octanol–water partition coefficient (Wildman–Crippen LogP) is 3.99. The number of unbranched alkanes of at least 4 members (excludes halogenated alkanes) is 6. The Hall–Kier alpha value is -1.97. The lowest BCUT2D eigenvalue weighted by atomic mass is 10.0. The van der Waals surface area contributed by atoms with Crippen LogP contribution in [0.4, 0.5) is 0 Å².